The van der Waals surface area contributed by atoms with Gasteiger partial charge in [0.15, 0.2) is 0 Å². The van der Waals surface area contributed by atoms with Crippen LogP contribution in [0.15, 0.2) is 47.1 Å². The second kappa shape index (κ2) is 8.89. The summed E-state index contributed by atoms with van der Waals surface area (Å²) in [5.74, 6) is 0.578. The molecule has 2 aromatic rings. The van der Waals surface area contributed by atoms with E-state index in [4.69, 9.17) is 9.15 Å². The highest BCUT2D eigenvalue weighted by atomic mass is 16.6. The number of amides is 4. The predicted octanol–water partition coefficient (Wildman–Crippen LogP) is 2.80. The quantitative estimate of drug-likeness (QED) is 0.786. The number of hydrogen-bond donors (Lipinski definition) is 2. The molecule has 0 radical (unpaired) electrons. The zero-order valence-electron chi connectivity index (χ0n) is 16.5. The first kappa shape index (κ1) is 19.8. The molecular formula is C21H24N4O5. The van der Waals surface area contributed by atoms with Crippen LogP contribution in [0.2, 0.25) is 0 Å². The van der Waals surface area contributed by atoms with Crippen molar-refractivity contribution in [1.29, 1.82) is 0 Å². The Bertz CT molecular complexity index is 906. The van der Waals surface area contributed by atoms with Crippen molar-refractivity contribution >= 4 is 29.4 Å². The molecule has 30 heavy (non-hydrogen) atoms. The number of nitrogens with one attached hydrogen (secondary N) is 2. The van der Waals surface area contributed by atoms with Gasteiger partial charge in [0.05, 0.1) is 19.4 Å². The van der Waals surface area contributed by atoms with Gasteiger partial charge in [0.25, 0.3) is 0 Å². The lowest BCUT2D eigenvalue weighted by Crippen LogP contribution is -2.44. The molecule has 2 aliphatic heterocycles. The van der Waals surface area contributed by atoms with Gasteiger partial charge in [-0.1, -0.05) is 6.07 Å². The summed E-state index contributed by atoms with van der Waals surface area (Å²) < 4.78 is 10.2. The zero-order valence-corrected chi connectivity index (χ0v) is 16.5. The summed E-state index contributed by atoms with van der Waals surface area (Å²) >= 11 is 0. The fraction of sp³-hybridized carbons (Fsp3) is 0.381. The Balaban J connectivity index is 1.26. The Morgan fingerprint density at radius 1 is 1.10 bits per heavy atom. The molecule has 9 heteroatoms. The third-order valence-electron chi connectivity index (χ3n) is 5.34. The van der Waals surface area contributed by atoms with Crippen LogP contribution in [0.1, 0.15) is 18.6 Å². The largest absolute Gasteiger partial charge is 0.467 e. The van der Waals surface area contributed by atoms with Gasteiger partial charge in [-0.05, 0) is 43.2 Å². The van der Waals surface area contributed by atoms with Crippen LogP contribution in [0.3, 0.4) is 0 Å². The van der Waals surface area contributed by atoms with Crippen LogP contribution >= 0.6 is 0 Å². The minimum absolute atomic E-state index is 0.0170. The number of hydrogen-bond acceptors (Lipinski definition) is 5. The lowest BCUT2D eigenvalue weighted by molar-refractivity contribution is -0.126. The Kier molecular flexibility index (Phi) is 5.87. The molecule has 4 rings (SSSR count). The van der Waals surface area contributed by atoms with Gasteiger partial charge in [0.1, 0.15) is 12.4 Å². The third-order valence-corrected chi connectivity index (χ3v) is 5.34. The molecule has 158 valence electrons. The summed E-state index contributed by atoms with van der Waals surface area (Å²) in [6.07, 6.45) is 2.41. The summed E-state index contributed by atoms with van der Waals surface area (Å²) in [4.78, 5) is 39.9. The number of cyclic esters (lactones) is 1. The van der Waals surface area contributed by atoms with Gasteiger partial charge >= 0.3 is 12.1 Å². The summed E-state index contributed by atoms with van der Waals surface area (Å²) in [5, 5.41) is 5.75. The number of likely N-dealkylation sites (tertiary alicyclic amines) is 1. The third kappa shape index (κ3) is 4.56. The monoisotopic (exact) mass is 412 g/mol. The topological polar surface area (TPSA) is 104 Å². The van der Waals surface area contributed by atoms with E-state index in [2.05, 4.69) is 10.6 Å². The first-order valence-electron chi connectivity index (χ1n) is 10.0. The lowest BCUT2D eigenvalue weighted by atomic mass is 9.96. The maximum atomic E-state index is 12.6. The van der Waals surface area contributed by atoms with Gasteiger partial charge in [-0.3, -0.25) is 9.69 Å². The standard InChI is InChI=1S/C21H24N4O5/c26-19(22-14-18-5-2-11-29-18)15-6-8-24(9-7-15)20(27)23-16-3-1-4-17(13-16)25-10-12-30-21(25)28/h1-5,11,13,15H,6-10,12,14H2,(H,22,26)(H,23,27). The number of carbonyl (C=O) groups is 3. The van der Waals surface area contributed by atoms with Crippen molar-refractivity contribution in [2.45, 2.75) is 19.4 Å². The Morgan fingerprint density at radius 3 is 2.63 bits per heavy atom. The molecule has 9 nitrogen and oxygen atoms in total. The van der Waals surface area contributed by atoms with Gasteiger partial charge in [-0.2, -0.15) is 0 Å². The van der Waals surface area contributed by atoms with Crippen molar-refractivity contribution in [3.8, 4) is 0 Å². The SMILES string of the molecule is O=C(NCc1ccco1)C1CCN(C(=O)Nc2cccc(N3CCOC3=O)c2)CC1. The summed E-state index contributed by atoms with van der Waals surface area (Å²) in [7, 11) is 0. The number of carbonyl (C=O) groups excluding carboxylic acids is 3. The van der Waals surface area contributed by atoms with Crippen LogP contribution in [0.5, 0.6) is 0 Å². The minimum atomic E-state index is -0.383. The molecule has 2 N–H and O–H groups in total. The molecule has 0 bridgehead atoms. The van der Waals surface area contributed by atoms with E-state index < -0.39 is 0 Å². The van der Waals surface area contributed by atoms with E-state index in [1.807, 2.05) is 6.07 Å². The minimum Gasteiger partial charge on any atom is -0.467 e. The molecule has 2 saturated heterocycles. The smallest absolute Gasteiger partial charge is 0.414 e. The van der Waals surface area contributed by atoms with Crippen molar-refractivity contribution in [2.24, 2.45) is 5.92 Å². The van der Waals surface area contributed by atoms with Crippen LogP contribution in [-0.4, -0.2) is 49.2 Å². The molecule has 1 aromatic carbocycles. The first-order valence-corrected chi connectivity index (χ1v) is 10.0. The number of anilines is 2. The molecule has 0 aliphatic carbocycles. The molecule has 2 fully saturated rings. The summed E-state index contributed by atoms with van der Waals surface area (Å²) in [5.41, 5.74) is 1.29. The van der Waals surface area contributed by atoms with Crippen LogP contribution in [0, 0.1) is 5.92 Å². The molecular weight excluding hydrogens is 388 g/mol. The number of rotatable bonds is 5. The van der Waals surface area contributed by atoms with E-state index in [9.17, 15) is 14.4 Å². The Morgan fingerprint density at radius 2 is 1.93 bits per heavy atom. The van der Waals surface area contributed by atoms with E-state index in [1.54, 1.807) is 41.5 Å². The van der Waals surface area contributed by atoms with Crippen LogP contribution in [0.25, 0.3) is 0 Å². The number of ether oxygens (including phenoxy) is 1. The average molecular weight is 412 g/mol. The molecule has 1 aromatic heterocycles. The number of furan rings is 1. The van der Waals surface area contributed by atoms with Crippen molar-refractivity contribution in [2.75, 3.05) is 36.5 Å². The second-order valence-electron chi connectivity index (χ2n) is 7.30. The van der Waals surface area contributed by atoms with Crippen molar-refractivity contribution in [3.05, 3.63) is 48.4 Å². The highest BCUT2D eigenvalue weighted by molar-refractivity contribution is 5.93. The Hall–Kier alpha value is -3.49. The molecule has 3 heterocycles. The van der Waals surface area contributed by atoms with E-state index in [0.29, 0.717) is 62.8 Å². The van der Waals surface area contributed by atoms with Crippen LogP contribution in [-0.2, 0) is 16.1 Å². The normalized spacial score (nSPS) is 17.0. The van der Waals surface area contributed by atoms with Gasteiger partial charge in [-0.25, -0.2) is 9.59 Å². The summed E-state index contributed by atoms with van der Waals surface area (Å²) in [6, 6.07) is 10.5. The van der Waals surface area contributed by atoms with Gasteiger partial charge in [0, 0.05) is 30.4 Å². The number of nitrogens with zero attached hydrogens (tertiary/aromatic N) is 2. The van der Waals surface area contributed by atoms with E-state index >= 15 is 0 Å². The van der Waals surface area contributed by atoms with Gasteiger partial charge < -0.3 is 24.7 Å². The fourth-order valence-electron chi connectivity index (χ4n) is 3.66. The molecule has 0 spiro atoms. The maximum Gasteiger partial charge on any atom is 0.414 e. The first-order chi connectivity index (χ1) is 14.6. The molecule has 4 amide bonds. The highest BCUT2D eigenvalue weighted by Gasteiger charge is 2.28. The number of benzene rings is 1. The second-order valence-corrected chi connectivity index (χ2v) is 7.30. The van der Waals surface area contributed by atoms with Crippen LogP contribution in [0.4, 0.5) is 21.0 Å². The highest BCUT2D eigenvalue weighted by Crippen LogP contribution is 2.23. The zero-order chi connectivity index (χ0) is 20.9. The fourth-order valence-corrected chi connectivity index (χ4v) is 3.66. The maximum absolute atomic E-state index is 12.6. The Labute approximate surface area is 174 Å². The lowest BCUT2D eigenvalue weighted by Gasteiger charge is -2.31. The predicted molar refractivity (Wildman–Crippen MR) is 109 cm³/mol. The summed E-state index contributed by atoms with van der Waals surface area (Å²) in [6.45, 7) is 2.23. The van der Waals surface area contributed by atoms with Crippen LogP contribution < -0.4 is 15.5 Å². The van der Waals surface area contributed by atoms with E-state index in [0.717, 1.165) is 0 Å². The average Bonchev–Trinajstić information content (AvgIpc) is 3.44. The van der Waals surface area contributed by atoms with E-state index in [-0.39, 0.29) is 23.9 Å². The van der Waals surface area contributed by atoms with Gasteiger partial charge in [0.2, 0.25) is 5.91 Å². The van der Waals surface area contributed by atoms with Crippen molar-refractivity contribution < 1.29 is 23.5 Å². The number of urea groups is 1. The van der Waals surface area contributed by atoms with Crippen molar-refractivity contribution in [1.82, 2.24) is 10.2 Å². The number of piperidine rings is 1. The molecule has 0 unspecified atom stereocenters. The van der Waals surface area contributed by atoms with Gasteiger partial charge in [-0.15, -0.1) is 0 Å². The molecule has 0 saturated carbocycles. The van der Waals surface area contributed by atoms with Crippen molar-refractivity contribution in [3.63, 3.8) is 0 Å². The molecule has 2 aliphatic rings. The molecule has 0 atom stereocenters. The van der Waals surface area contributed by atoms with E-state index in [1.165, 1.54) is 4.90 Å².